The fraction of sp³-hybridized carbons (Fsp3) is 0.706. The molecule has 1 amide bonds. The Hall–Kier alpha value is -1.53. The molecule has 0 spiro atoms. The summed E-state index contributed by atoms with van der Waals surface area (Å²) >= 11 is 0. The van der Waals surface area contributed by atoms with E-state index in [-0.39, 0.29) is 17.9 Å². The summed E-state index contributed by atoms with van der Waals surface area (Å²) in [4.78, 5) is 22.9. The lowest BCUT2D eigenvalue weighted by molar-refractivity contribution is -0.136. The summed E-state index contributed by atoms with van der Waals surface area (Å²) in [6.45, 7) is 3.37. The van der Waals surface area contributed by atoms with E-state index in [9.17, 15) is 4.79 Å². The third-order valence-electron chi connectivity index (χ3n) is 4.94. The Morgan fingerprint density at radius 2 is 2.17 bits per heavy atom. The molecule has 2 aliphatic rings. The monoisotopic (exact) mass is 318 g/mol. The lowest BCUT2D eigenvalue weighted by atomic mass is 9.87. The van der Waals surface area contributed by atoms with Crippen molar-refractivity contribution in [3.8, 4) is 0 Å². The summed E-state index contributed by atoms with van der Waals surface area (Å²) in [6.07, 6.45) is 9.32. The van der Waals surface area contributed by atoms with E-state index >= 15 is 0 Å². The lowest BCUT2D eigenvalue weighted by Gasteiger charge is -2.28. The lowest BCUT2D eigenvalue weighted by Crippen LogP contribution is -2.38. The maximum atomic E-state index is 12.8. The van der Waals surface area contributed by atoms with Crippen LogP contribution in [0.2, 0.25) is 0 Å². The van der Waals surface area contributed by atoms with E-state index in [2.05, 4.69) is 15.3 Å². The molecular formula is C17H26N4O2. The van der Waals surface area contributed by atoms with Crippen LogP contribution in [0.3, 0.4) is 0 Å². The van der Waals surface area contributed by atoms with Gasteiger partial charge in [0.1, 0.15) is 0 Å². The molecule has 23 heavy (non-hydrogen) atoms. The van der Waals surface area contributed by atoms with E-state index in [1.54, 1.807) is 23.5 Å². The van der Waals surface area contributed by atoms with Crippen LogP contribution in [0.15, 0.2) is 18.6 Å². The van der Waals surface area contributed by atoms with Gasteiger partial charge < -0.3 is 15.0 Å². The molecule has 0 aromatic carbocycles. The normalized spacial score (nSPS) is 25.4. The minimum absolute atomic E-state index is 0.00782. The number of hydrogen-bond acceptors (Lipinski definition) is 5. The highest BCUT2D eigenvalue weighted by Gasteiger charge is 2.37. The van der Waals surface area contributed by atoms with Gasteiger partial charge in [-0.3, -0.25) is 14.8 Å². The molecule has 0 bridgehead atoms. The molecule has 1 aromatic heterocycles. The number of hydrogen-bond donors (Lipinski definition) is 1. The summed E-state index contributed by atoms with van der Waals surface area (Å²) in [6, 6.07) is 0. The molecule has 2 aliphatic heterocycles. The number of carbonyl (C=O) groups is 1. The van der Waals surface area contributed by atoms with E-state index < -0.39 is 0 Å². The number of amides is 1. The average Bonchev–Trinajstić information content (AvgIpc) is 3.04. The van der Waals surface area contributed by atoms with Crippen LogP contribution in [-0.2, 0) is 16.1 Å². The highest BCUT2D eigenvalue weighted by atomic mass is 16.5. The summed E-state index contributed by atoms with van der Waals surface area (Å²) in [5.41, 5.74) is 0.817. The van der Waals surface area contributed by atoms with E-state index in [0.29, 0.717) is 19.1 Å². The summed E-state index contributed by atoms with van der Waals surface area (Å²) in [7, 11) is 1.84. The third kappa shape index (κ3) is 4.26. The van der Waals surface area contributed by atoms with Crippen molar-refractivity contribution in [1.82, 2.24) is 20.2 Å². The van der Waals surface area contributed by atoms with Crippen molar-refractivity contribution in [3.63, 3.8) is 0 Å². The van der Waals surface area contributed by atoms with Gasteiger partial charge in [-0.05, 0) is 44.7 Å². The Kier molecular flexibility index (Phi) is 5.56. The van der Waals surface area contributed by atoms with Crippen molar-refractivity contribution >= 4 is 5.91 Å². The van der Waals surface area contributed by atoms with Crippen molar-refractivity contribution in [2.45, 2.75) is 38.3 Å². The van der Waals surface area contributed by atoms with Crippen molar-refractivity contribution in [1.29, 1.82) is 0 Å². The van der Waals surface area contributed by atoms with E-state index in [4.69, 9.17) is 4.74 Å². The number of ether oxygens (including phenoxy) is 1. The van der Waals surface area contributed by atoms with Gasteiger partial charge in [0.05, 0.1) is 30.5 Å². The van der Waals surface area contributed by atoms with E-state index in [1.165, 1.54) is 12.8 Å². The van der Waals surface area contributed by atoms with Gasteiger partial charge in [-0.2, -0.15) is 0 Å². The van der Waals surface area contributed by atoms with Crippen LogP contribution >= 0.6 is 0 Å². The third-order valence-corrected chi connectivity index (χ3v) is 4.94. The van der Waals surface area contributed by atoms with Crippen molar-refractivity contribution < 1.29 is 9.53 Å². The zero-order valence-corrected chi connectivity index (χ0v) is 13.8. The molecule has 0 radical (unpaired) electrons. The van der Waals surface area contributed by atoms with E-state index in [0.717, 1.165) is 31.6 Å². The molecular weight excluding hydrogens is 292 g/mol. The second kappa shape index (κ2) is 7.84. The number of carbonyl (C=O) groups excluding carboxylic acids is 1. The van der Waals surface area contributed by atoms with Crippen LogP contribution in [0.25, 0.3) is 0 Å². The molecule has 6 nitrogen and oxygen atoms in total. The Morgan fingerprint density at radius 3 is 2.91 bits per heavy atom. The molecule has 0 aliphatic carbocycles. The Bertz CT molecular complexity index is 505. The second-order valence-electron chi connectivity index (χ2n) is 6.62. The first kappa shape index (κ1) is 16.3. The van der Waals surface area contributed by atoms with Gasteiger partial charge in [0, 0.05) is 26.0 Å². The molecule has 0 unspecified atom stereocenters. The number of rotatable bonds is 5. The molecule has 126 valence electrons. The zero-order valence-electron chi connectivity index (χ0n) is 13.8. The average molecular weight is 318 g/mol. The minimum atomic E-state index is -0.00782. The number of nitrogens with one attached hydrogen (secondary N) is 1. The molecule has 2 fully saturated rings. The summed E-state index contributed by atoms with van der Waals surface area (Å²) < 4.78 is 5.89. The van der Waals surface area contributed by atoms with Crippen LogP contribution in [0, 0.1) is 11.8 Å². The van der Waals surface area contributed by atoms with Gasteiger partial charge in [-0.15, -0.1) is 0 Å². The summed E-state index contributed by atoms with van der Waals surface area (Å²) in [5, 5.41) is 3.39. The molecule has 6 heteroatoms. The Morgan fingerprint density at radius 1 is 1.35 bits per heavy atom. The molecule has 2 saturated heterocycles. The zero-order chi connectivity index (χ0) is 16.1. The molecule has 3 heterocycles. The van der Waals surface area contributed by atoms with Gasteiger partial charge in [0.25, 0.3) is 0 Å². The first-order chi connectivity index (χ1) is 11.2. The fourth-order valence-corrected chi connectivity index (χ4v) is 3.62. The van der Waals surface area contributed by atoms with Crippen molar-refractivity contribution in [2.75, 3.05) is 26.7 Å². The summed E-state index contributed by atoms with van der Waals surface area (Å²) in [5.74, 6) is 0.846. The smallest absolute Gasteiger partial charge is 0.228 e. The first-order valence-electron chi connectivity index (χ1n) is 8.56. The van der Waals surface area contributed by atoms with Gasteiger partial charge in [0.15, 0.2) is 0 Å². The number of aromatic nitrogens is 2. The Balaban J connectivity index is 1.56. The largest absolute Gasteiger partial charge is 0.377 e. The molecule has 2 atom stereocenters. The first-order valence-corrected chi connectivity index (χ1v) is 8.56. The minimum Gasteiger partial charge on any atom is -0.377 e. The Labute approximate surface area is 137 Å². The SMILES string of the molecule is CN(Cc1cnccn1)C(=O)[C@@H]1CCO[C@@H]1CC1CCNCC1. The van der Waals surface area contributed by atoms with Crippen molar-refractivity contribution in [3.05, 3.63) is 24.3 Å². The van der Waals surface area contributed by atoms with Gasteiger partial charge in [-0.25, -0.2) is 0 Å². The highest BCUT2D eigenvalue weighted by molar-refractivity contribution is 5.79. The quantitative estimate of drug-likeness (QED) is 0.884. The van der Waals surface area contributed by atoms with Crippen LogP contribution in [-0.4, -0.2) is 53.6 Å². The second-order valence-corrected chi connectivity index (χ2v) is 6.62. The molecule has 3 rings (SSSR count). The van der Waals surface area contributed by atoms with E-state index in [1.807, 2.05) is 7.05 Å². The van der Waals surface area contributed by atoms with Crippen LogP contribution in [0.4, 0.5) is 0 Å². The number of piperidine rings is 1. The van der Waals surface area contributed by atoms with Gasteiger partial charge in [0.2, 0.25) is 5.91 Å². The maximum absolute atomic E-state index is 12.8. The molecule has 1 N–H and O–H groups in total. The van der Waals surface area contributed by atoms with Gasteiger partial charge in [-0.1, -0.05) is 0 Å². The van der Waals surface area contributed by atoms with Crippen LogP contribution in [0.5, 0.6) is 0 Å². The predicted octanol–water partition coefficient (Wildman–Crippen LogP) is 1.23. The number of nitrogens with zero attached hydrogens (tertiary/aromatic N) is 3. The fourth-order valence-electron chi connectivity index (χ4n) is 3.62. The molecule has 1 aromatic rings. The predicted molar refractivity (Wildman–Crippen MR) is 86.6 cm³/mol. The van der Waals surface area contributed by atoms with Crippen LogP contribution < -0.4 is 5.32 Å². The van der Waals surface area contributed by atoms with Crippen molar-refractivity contribution in [2.24, 2.45) is 11.8 Å². The standard InChI is InChI=1S/C17H26N4O2/c1-21(12-14-11-19-7-8-20-14)17(22)15-4-9-23-16(15)10-13-2-5-18-6-3-13/h7-8,11,13,15-16,18H,2-6,9-10,12H2,1H3/t15-,16-/m1/s1. The topological polar surface area (TPSA) is 67.4 Å². The van der Waals surface area contributed by atoms with Gasteiger partial charge >= 0.3 is 0 Å². The highest BCUT2D eigenvalue weighted by Crippen LogP contribution is 2.30. The maximum Gasteiger partial charge on any atom is 0.228 e. The molecule has 0 saturated carbocycles. The van der Waals surface area contributed by atoms with Crippen LogP contribution in [0.1, 0.15) is 31.4 Å².